The predicted octanol–water partition coefficient (Wildman–Crippen LogP) is 0.474. The first-order valence-corrected chi connectivity index (χ1v) is 4.34. The summed E-state index contributed by atoms with van der Waals surface area (Å²) < 4.78 is 10.4. The van der Waals surface area contributed by atoms with Gasteiger partial charge in [0.05, 0.1) is 6.54 Å². The van der Waals surface area contributed by atoms with Crippen molar-refractivity contribution in [2.45, 2.75) is 13.2 Å². The Balaban J connectivity index is 2.31. The molecule has 0 aliphatic rings. The van der Waals surface area contributed by atoms with E-state index in [1.165, 1.54) is 0 Å². The topological polar surface area (TPSA) is 60.4 Å². The van der Waals surface area contributed by atoms with Gasteiger partial charge in [0.1, 0.15) is 18.1 Å². The molecule has 3 N–H and O–H groups in total. The Labute approximate surface area is 78.1 Å². The largest absolute Gasteiger partial charge is 0.462 e. The zero-order valence-electron chi connectivity index (χ0n) is 7.88. The molecule has 0 saturated carbocycles. The Morgan fingerprint density at radius 1 is 1.46 bits per heavy atom. The van der Waals surface area contributed by atoms with E-state index < -0.39 is 0 Å². The van der Waals surface area contributed by atoms with E-state index in [0.717, 1.165) is 24.6 Å². The number of nitrogens with two attached hydrogens (primary N) is 1. The molecule has 0 aromatic carbocycles. The minimum absolute atomic E-state index is 0.525. The van der Waals surface area contributed by atoms with Gasteiger partial charge in [-0.1, -0.05) is 0 Å². The highest BCUT2D eigenvalue weighted by Crippen LogP contribution is 2.07. The molecule has 0 spiro atoms. The Kier molecular flexibility index (Phi) is 4.53. The lowest BCUT2D eigenvalue weighted by atomic mass is 10.4. The van der Waals surface area contributed by atoms with Crippen molar-refractivity contribution in [3.05, 3.63) is 23.7 Å². The van der Waals surface area contributed by atoms with Crippen LogP contribution in [0.5, 0.6) is 0 Å². The Morgan fingerprint density at radius 3 is 2.92 bits per heavy atom. The van der Waals surface area contributed by atoms with Gasteiger partial charge >= 0.3 is 0 Å². The first kappa shape index (κ1) is 10.2. The molecule has 1 rings (SSSR count). The molecule has 0 bridgehead atoms. The monoisotopic (exact) mass is 184 g/mol. The third kappa shape index (κ3) is 3.59. The van der Waals surface area contributed by atoms with Crippen molar-refractivity contribution in [3.63, 3.8) is 0 Å². The standard InChI is InChI=1S/C9H16N2O2/c1-12-7-9-3-2-8(13-9)6-11-5-4-10/h2-3,11H,4-7,10H2,1H3. The van der Waals surface area contributed by atoms with Gasteiger partial charge in [0, 0.05) is 20.2 Å². The summed E-state index contributed by atoms with van der Waals surface area (Å²) in [6.45, 7) is 2.70. The summed E-state index contributed by atoms with van der Waals surface area (Å²) in [5.74, 6) is 1.77. The van der Waals surface area contributed by atoms with Crippen molar-refractivity contribution in [2.75, 3.05) is 20.2 Å². The fourth-order valence-electron chi connectivity index (χ4n) is 1.05. The van der Waals surface area contributed by atoms with Crippen molar-refractivity contribution in [1.82, 2.24) is 5.32 Å². The maximum Gasteiger partial charge on any atom is 0.129 e. The maximum atomic E-state index is 5.44. The highest BCUT2D eigenvalue weighted by atomic mass is 16.5. The molecule has 0 radical (unpaired) electrons. The highest BCUT2D eigenvalue weighted by molar-refractivity contribution is 5.06. The second-order valence-corrected chi connectivity index (χ2v) is 2.77. The van der Waals surface area contributed by atoms with E-state index in [1.807, 2.05) is 12.1 Å². The van der Waals surface area contributed by atoms with Crippen LogP contribution in [-0.4, -0.2) is 20.2 Å². The Bertz CT molecular complexity index is 235. The van der Waals surface area contributed by atoms with Crippen LogP contribution < -0.4 is 11.1 Å². The fraction of sp³-hybridized carbons (Fsp3) is 0.556. The van der Waals surface area contributed by atoms with Crippen LogP contribution in [0.4, 0.5) is 0 Å². The van der Waals surface area contributed by atoms with Gasteiger partial charge in [-0.05, 0) is 12.1 Å². The normalized spacial score (nSPS) is 10.6. The zero-order valence-corrected chi connectivity index (χ0v) is 7.88. The molecule has 0 atom stereocenters. The molecule has 1 aromatic heterocycles. The van der Waals surface area contributed by atoms with Crippen LogP contribution in [0, 0.1) is 0 Å². The predicted molar refractivity (Wildman–Crippen MR) is 50.2 cm³/mol. The molecule has 0 unspecified atom stereocenters. The number of nitrogens with one attached hydrogen (secondary N) is 1. The van der Waals surface area contributed by atoms with Crippen molar-refractivity contribution >= 4 is 0 Å². The number of rotatable bonds is 6. The number of hydrogen-bond acceptors (Lipinski definition) is 4. The molecular weight excluding hydrogens is 168 g/mol. The van der Waals surface area contributed by atoms with E-state index in [2.05, 4.69) is 5.32 Å². The van der Waals surface area contributed by atoms with Gasteiger partial charge in [0.2, 0.25) is 0 Å². The average molecular weight is 184 g/mol. The second-order valence-electron chi connectivity index (χ2n) is 2.77. The molecule has 13 heavy (non-hydrogen) atoms. The van der Waals surface area contributed by atoms with E-state index in [9.17, 15) is 0 Å². The van der Waals surface area contributed by atoms with E-state index in [1.54, 1.807) is 7.11 Å². The summed E-state index contributed by atoms with van der Waals surface area (Å²) in [6, 6.07) is 3.86. The van der Waals surface area contributed by atoms with Gasteiger partial charge in [0.25, 0.3) is 0 Å². The highest BCUT2D eigenvalue weighted by Gasteiger charge is 2.00. The lowest BCUT2D eigenvalue weighted by Gasteiger charge is -1.98. The Hall–Kier alpha value is -0.840. The van der Waals surface area contributed by atoms with Crippen LogP contribution in [0.1, 0.15) is 11.5 Å². The lowest BCUT2D eigenvalue weighted by molar-refractivity contribution is 0.162. The third-order valence-electron chi connectivity index (χ3n) is 1.62. The Morgan fingerprint density at radius 2 is 2.23 bits per heavy atom. The number of ether oxygens (including phenoxy) is 1. The van der Waals surface area contributed by atoms with Crippen molar-refractivity contribution in [3.8, 4) is 0 Å². The van der Waals surface area contributed by atoms with Crippen LogP contribution in [0.15, 0.2) is 16.5 Å². The second kappa shape index (κ2) is 5.75. The molecule has 4 heteroatoms. The fourth-order valence-corrected chi connectivity index (χ4v) is 1.05. The van der Waals surface area contributed by atoms with Crippen LogP contribution in [-0.2, 0) is 17.9 Å². The summed E-state index contributed by atoms with van der Waals surface area (Å²) >= 11 is 0. The summed E-state index contributed by atoms with van der Waals surface area (Å²) in [5, 5.41) is 3.15. The van der Waals surface area contributed by atoms with Gasteiger partial charge < -0.3 is 20.2 Å². The quantitative estimate of drug-likeness (QED) is 0.631. The summed E-state index contributed by atoms with van der Waals surface area (Å²) in [4.78, 5) is 0. The zero-order chi connectivity index (χ0) is 9.52. The molecule has 74 valence electrons. The molecule has 0 saturated heterocycles. The SMILES string of the molecule is COCc1ccc(CNCCN)o1. The molecule has 1 heterocycles. The molecular formula is C9H16N2O2. The maximum absolute atomic E-state index is 5.44. The third-order valence-corrected chi connectivity index (χ3v) is 1.62. The van der Waals surface area contributed by atoms with Gasteiger partial charge in [-0.2, -0.15) is 0 Å². The van der Waals surface area contributed by atoms with Gasteiger partial charge in [0.15, 0.2) is 0 Å². The van der Waals surface area contributed by atoms with Crippen LogP contribution in [0.3, 0.4) is 0 Å². The number of hydrogen-bond donors (Lipinski definition) is 2. The summed E-state index contributed by atoms with van der Waals surface area (Å²) in [5.41, 5.74) is 5.33. The smallest absolute Gasteiger partial charge is 0.129 e. The average Bonchev–Trinajstić information content (AvgIpc) is 2.54. The van der Waals surface area contributed by atoms with Gasteiger partial charge in [-0.15, -0.1) is 0 Å². The summed E-state index contributed by atoms with van der Waals surface area (Å²) in [6.07, 6.45) is 0. The molecule has 0 fully saturated rings. The van der Waals surface area contributed by atoms with Crippen molar-refractivity contribution < 1.29 is 9.15 Å². The van der Waals surface area contributed by atoms with Crippen molar-refractivity contribution in [1.29, 1.82) is 0 Å². The van der Waals surface area contributed by atoms with E-state index in [4.69, 9.17) is 14.9 Å². The molecule has 4 nitrogen and oxygen atoms in total. The van der Waals surface area contributed by atoms with E-state index in [-0.39, 0.29) is 0 Å². The van der Waals surface area contributed by atoms with Gasteiger partial charge in [-0.3, -0.25) is 0 Å². The molecule has 0 aliphatic heterocycles. The molecule has 1 aromatic rings. The van der Waals surface area contributed by atoms with Crippen LogP contribution >= 0.6 is 0 Å². The van der Waals surface area contributed by atoms with E-state index >= 15 is 0 Å². The van der Waals surface area contributed by atoms with E-state index in [0.29, 0.717) is 13.2 Å². The molecule has 0 aliphatic carbocycles. The molecule has 0 amide bonds. The van der Waals surface area contributed by atoms with Gasteiger partial charge in [-0.25, -0.2) is 0 Å². The minimum atomic E-state index is 0.525. The first-order chi connectivity index (χ1) is 6.36. The first-order valence-electron chi connectivity index (χ1n) is 4.34. The number of methoxy groups -OCH3 is 1. The lowest BCUT2D eigenvalue weighted by Crippen LogP contribution is -2.21. The minimum Gasteiger partial charge on any atom is -0.462 e. The van der Waals surface area contributed by atoms with Crippen molar-refractivity contribution in [2.24, 2.45) is 5.73 Å². The van der Waals surface area contributed by atoms with Crippen LogP contribution in [0.25, 0.3) is 0 Å². The summed E-state index contributed by atoms with van der Waals surface area (Å²) in [7, 11) is 1.65. The van der Waals surface area contributed by atoms with Crippen LogP contribution in [0.2, 0.25) is 0 Å². The number of furan rings is 1.